The summed E-state index contributed by atoms with van der Waals surface area (Å²) in [5.74, 6) is -1.50. The quantitative estimate of drug-likeness (QED) is 0.653. The highest BCUT2D eigenvalue weighted by Gasteiger charge is 2.38. The number of likely N-dealkylation sites (tertiary alicyclic amines) is 2. The molecule has 178 valence electrons. The zero-order valence-corrected chi connectivity index (χ0v) is 17.4. The van der Waals surface area contributed by atoms with Gasteiger partial charge in [0.05, 0.1) is 17.0 Å². The van der Waals surface area contributed by atoms with E-state index in [2.05, 4.69) is 10.2 Å². The summed E-state index contributed by atoms with van der Waals surface area (Å²) in [6, 6.07) is 1.26. The molecule has 1 atom stereocenters. The summed E-state index contributed by atoms with van der Waals surface area (Å²) in [6.07, 6.45) is -6.61. The molecule has 0 aromatic heterocycles. The van der Waals surface area contributed by atoms with Crippen LogP contribution in [0.4, 0.5) is 26.3 Å². The van der Waals surface area contributed by atoms with E-state index >= 15 is 0 Å². The predicted molar refractivity (Wildman–Crippen MR) is 103 cm³/mol. The fourth-order valence-electron chi connectivity index (χ4n) is 4.10. The van der Waals surface area contributed by atoms with Gasteiger partial charge in [0, 0.05) is 32.6 Å². The molecular formula is C21H25F6N3O2. The molecule has 2 aliphatic rings. The van der Waals surface area contributed by atoms with Gasteiger partial charge in [-0.15, -0.1) is 0 Å². The van der Waals surface area contributed by atoms with E-state index < -0.39 is 41.8 Å². The van der Waals surface area contributed by atoms with Crippen LogP contribution in [0.5, 0.6) is 0 Å². The number of halogens is 6. The first-order valence-corrected chi connectivity index (χ1v) is 10.5. The van der Waals surface area contributed by atoms with E-state index in [-0.39, 0.29) is 30.5 Å². The Hall–Kier alpha value is -2.30. The van der Waals surface area contributed by atoms with Gasteiger partial charge in [0.2, 0.25) is 11.8 Å². The van der Waals surface area contributed by atoms with Gasteiger partial charge in [-0.2, -0.15) is 26.3 Å². The van der Waals surface area contributed by atoms with Crippen molar-refractivity contribution in [3.63, 3.8) is 0 Å². The first-order valence-electron chi connectivity index (χ1n) is 10.5. The SMILES string of the molecule is O=C(NCCN1CCCCC1)C1CC(=O)N(Cc2cc(C(F)(F)F)cc(C(F)(F)F)c2)C1. The van der Waals surface area contributed by atoms with Crippen molar-refractivity contribution in [1.29, 1.82) is 0 Å². The summed E-state index contributed by atoms with van der Waals surface area (Å²) in [6.45, 7) is 2.59. The van der Waals surface area contributed by atoms with Crippen LogP contribution in [-0.2, 0) is 28.5 Å². The van der Waals surface area contributed by atoms with Crippen LogP contribution >= 0.6 is 0 Å². The Bertz CT molecular complexity index is 802. The lowest BCUT2D eigenvalue weighted by atomic mass is 10.0. The molecule has 5 nitrogen and oxygen atoms in total. The van der Waals surface area contributed by atoms with Crippen LogP contribution in [0.15, 0.2) is 18.2 Å². The fourth-order valence-corrected chi connectivity index (χ4v) is 4.10. The van der Waals surface area contributed by atoms with E-state index in [9.17, 15) is 35.9 Å². The smallest absolute Gasteiger partial charge is 0.355 e. The normalized spacial score (nSPS) is 20.6. The van der Waals surface area contributed by atoms with E-state index in [0.717, 1.165) is 30.8 Å². The Kier molecular flexibility index (Phi) is 7.36. The molecule has 0 radical (unpaired) electrons. The van der Waals surface area contributed by atoms with Gasteiger partial charge in [-0.05, 0) is 49.7 Å². The van der Waals surface area contributed by atoms with Crippen molar-refractivity contribution in [2.75, 3.05) is 32.7 Å². The molecule has 0 bridgehead atoms. The topological polar surface area (TPSA) is 52.7 Å². The van der Waals surface area contributed by atoms with E-state index in [1.54, 1.807) is 0 Å². The van der Waals surface area contributed by atoms with Gasteiger partial charge in [-0.25, -0.2) is 0 Å². The molecule has 1 N–H and O–H groups in total. The zero-order chi connectivity index (χ0) is 23.5. The standard InChI is InChI=1S/C21H25F6N3O2/c22-20(23,24)16-8-14(9-17(11-16)21(25,26)27)12-30-13-15(10-18(30)31)19(32)28-4-7-29-5-2-1-3-6-29/h8-9,11,15H,1-7,10,12-13H2,(H,28,32). The number of carbonyl (C=O) groups is 2. The summed E-state index contributed by atoms with van der Waals surface area (Å²) < 4.78 is 78.3. The van der Waals surface area contributed by atoms with Crippen LogP contribution in [0.2, 0.25) is 0 Å². The van der Waals surface area contributed by atoms with Crippen LogP contribution in [-0.4, -0.2) is 54.3 Å². The van der Waals surface area contributed by atoms with Gasteiger partial charge in [0.1, 0.15) is 0 Å². The third kappa shape index (κ3) is 6.36. The van der Waals surface area contributed by atoms with Gasteiger partial charge < -0.3 is 15.1 Å². The highest BCUT2D eigenvalue weighted by atomic mass is 19.4. The Morgan fingerprint density at radius 2 is 1.56 bits per heavy atom. The minimum Gasteiger partial charge on any atom is -0.355 e. The van der Waals surface area contributed by atoms with Crippen LogP contribution < -0.4 is 5.32 Å². The number of rotatable bonds is 6. The van der Waals surface area contributed by atoms with Crippen molar-refractivity contribution >= 4 is 11.8 Å². The number of alkyl halides is 6. The van der Waals surface area contributed by atoms with E-state index in [4.69, 9.17) is 0 Å². The second kappa shape index (κ2) is 9.68. The van der Waals surface area contributed by atoms with Gasteiger partial charge in [-0.1, -0.05) is 6.42 Å². The van der Waals surface area contributed by atoms with E-state index in [0.29, 0.717) is 25.2 Å². The number of carbonyl (C=O) groups excluding carboxylic acids is 2. The minimum atomic E-state index is -4.96. The van der Waals surface area contributed by atoms with Crippen molar-refractivity contribution < 1.29 is 35.9 Å². The Labute approximate surface area is 181 Å². The van der Waals surface area contributed by atoms with Crippen molar-refractivity contribution in [3.05, 3.63) is 34.9 Å². The minimum absolute atomic E-state index is 0.0495. The molecular weight excluding hydrogens is 440 g/mol. The third-order valence-corrected chi connectivity index (χ3v) is 5.78. The second-order valence-corrected chi connectivity index (χ2v) is 8.28. The van der Waals surface area contributed by atoms with Crippen LogP contribution in [0, 0.1) is 5.92 Å². The summed E-state index contributed by atoms with van der Waals surface area (Å²) in [7, 11) is 0. The number of hydrogen-bond acceptors (Lipinski definition) is 3. The molecule has 11 heteroatoms. The van der Waals surface area contributed by atoms with Gasteiger partial charge in [0.25, 0.3) is 0 Å². The molecule has 2 fully saturated rings. The highest BCUT2D eigenvalue weighted by molar-refractivity contribution is 5.89. The summed E-state index contributed by atoms with van der Waals surface area (Å²) in [5.41, 5.74) is -3.14. The average molecular weight is 465 g/mol. The number of hydrogen-bond donors (Lipinski definition) is 1. The lowest BCUT2D eigenvalue weighted by molar-refractivity contribution is -0.143. The number of nitrogens with one attached hydrogen (secondary N) is 1. The van der Waals surface area contributed by atoms with Crippen molar-refractivity contribution in [2.24, 2.45) is 5.92 Å². The summed E-state index contributed by atoms with van der Waals surface area (Å²) in [4.78, 5) is 28.0. The number of amides is 2. The lowest BCUT2D eigenvalue weighted by Gasteiger charge is -2.26. The van der Waals surface area contributed by atoms with E-state index in [1.165, 1.54) is 6.42 Å². The molecule has 0 aliphatic carbocycles. The first kappa shape index (κ1) is 24.3. The summed E-state index contributed by atoms with van der Waals surface area (Å²) in [5, 5.41) is 2.78. The Balaban J connectivity index is 1.60. The molecule has 2 heterocycles. The van der Waals surface area contributed by atoms with Crippen molar-refractivity contribution in [1.82, 2.24) is 15.1 Å². The molecule has 2 amide bonds. The van der Waals surface area contributed by atoms with Crippen LogP contribution in [0.1, 0.15) is 42.4 Å². The third-order valence-electron chi connectivity index (χ3n) is 5.78. The van der Waals surface area contributed by atoms with Crippen LogP contribution in [0.3, 0.4) is 0 Å². The number of piperidine rings is 1. The molecule has 1 aromatic rings. The average Bonchev–Trinajstić information content (AvgIpc) is 3.07. The maximum atomic E-state index is 13.0. The van der Waals surface area contributed by atoms with Crippen molar-refractivity contribution in [2.45, 2.75) is 44.6 Å². The molecule has 2 aliphatic heterocycles. The maximum absolute atomic E-state index is 13.0. The number of benzene rings is 1. The lowest BCUT2D eigenvalue weighted by Crippen LogP contribution is -2.40. The first-order chi connectivity index (χ1) is 14.9. The summed E-state index contributed by atoms with van der Waals surface area (Å²) >= 11 is 0. The molecule has 1 aromatic carbocycles. The molecule has 2 saturated heterocycles. The largest absolute Gasteiger partial charge is 0.416 e. The second-order valence-electron chi connectivity index (χ2n) is 8.28. The maximum Gasteiger partial charge on any atom is 0.416 e. The van der Waals surface area contributed by atoms with Gasteiger partial charge >= 0.3 is 12.4 Å². The molecule has 0 saturated carbocycles. The zero-order valence-electron chi connectivity index (χ0n) is 17.4. The fraction of sp³-hybridized carbons (Fsp3) is 0.619. The molecule has 0 spiro atoms. The van der Waals surface area contributed by atoms with Gasteiger partial charge in [0.15, 0.2) is 0 Å². The van der Waals surface area contributed by atoms with Crippen molar-refractivity contribution in [3.8, 4) is 0 Å². The predicted octanol–water partition coefficient (Wildman–Crippen LogP) is 3.67. The highest BCUT2D eigenvalue weighted by Crippen LogP contribution is 2.36. The van der Waals surface area contributed by atoms with E-state index in [1.807, 2.05) is 0 Å². The molecule has 32 heavy (non-hydrogen) atoms. The van der Waals surface area contributed by atoms with Gasteiger partial charge in [-0.3, -0.25) is 9.59 Å². The molecule has 3 rings (SSSR count). The van der Waals surface area contributed by atoms with Crippen LogP contribution in [0.25, 0.3) is 0 Å². The monoisotopic (exact) mass is 465 g/mol. The Morgan fingerprint density at radius 1 is 0.969 bits per heavy atom. The molecule has 1 unspecified atom stereocenters. The number of nitrogens with zero attached hydrogens (tertiary/aromatic N) is 2. The Morgan fingerprint density at radius 3 is 2.12 bits per heavy atom.